The van der Waals surface area contributed by atoms with E-state index >= 15 is 0 Å². The first kappa shape index (κ1) is 18.9. The Morgan fingerprint density at radius 2 is 1.60 bits per heavy atom. The summed E-state index contributed by atoms with van der Waals surface area (Å²) in [4.78, 5) is 10.3. The molecule has 0 fully saturated rings. The molecule has 8 heteroatoms. The highest BCUT2D eigenvalue weighted by Crippen LogP contribution is 2.30. The van der Waals surface area contributed by atoms with Crippen LogP contribution in [-0.2, 0) is 10.0 Å². The zero-order valence-electron chi connectivity index (χ0n) is 14.3. The lowest BCUT2D eigenvalue weighted by Gasteiger charge is -2.17. The molecule has 134 valence electrons. The van der Waals surface area contributed by atoms with Crippen LogP contribution in [-0.4, -0.2) is 13.3 Å². The van der Waals surface area contributed by atoms with E-state index in [0.717, 1.165) is 11.6 Å². The van der Waals surface area contributed by atoms with E-state index in [2.05, 4.69) is 19.2 Å². The topological polar surface area (TPSA) is 115 Å². The van der Waals surface area contributed by atoms with Crippen molar-refractivity contribution in [2.24, 2.45) is 5.14 Å². The lowest BCUT2D eigenvalue weighted by Crippen LogP contribution is -2.13. The van der Waals surface area contributed by atoms with Gasteiger partial charge in [0.2, 0.25) is 10.0 Å². The number of hydrogen-bond acceptors (Lipinski definition) is 5. The third kappa shape index (κ3) is 4.55. The highest BCUT2D eigenvalue weighted by molar-refractivity contribution is 7.89. The van der Waals surface area contributed by atoms with E-state index in [0.29, 0.717) is 5.92 Å². The molecule has 0 heterocycles. The summed E-state index contributed by atoms with van der Waals surface area (Å²) in [7, 11) is -4.00. The summed E-state index contributed by atoms with van der Waals surface area (Å²) in [6, 6.07) is 11.4. The van der Waals surface area contributed by atoms with Gasteiger partial charge >= 0.3 is 0 Å². The minimum Gasteiger partial charge on any atom is -0.373 e. The molecule has 25 heavy (non-hydrogen) atoms. The standard InChI is InChI=1S/C17H21N3O4S/c1-11(2)13-4-6-14(7-5-13)12(3)19-16-9-8-15(25(18,23)24)10-17(16)20(21)22/h4-12,19H,1-3H3,(H2,18,23,24). The van der Waals surface area contributed by atoms with Gasteiger partial charge in [0.1, 0.15) is 5.69 Å². The Balaban J connectivity index is 2.31. The maximum atomic E-state index is 11.4. The molecule has 2 rings (SSSR count). The molecule has 0 aromatic heterocycles. The summed E-state index contributed by atoms with van der Waals surface area (Å²) in [5, 5.41) is 19.4. The Bertz CT molecular complexity index is 877. The van der Waals surface area contributed by atoms with Crippen molar-refractivity contribution in [1.82, 2.24) is 0 Å². The molecule has 0 aliphatic rings. The third-order valence-corrected chi connectivity index (χ3v) is 4.88. The van der Waals surface area contributed by atoms with Gasteiger partial charge in [0.25, 0.3) is 5.69 Å². The summed E-state index contributed by atoms with van der Waals surface area (Å²) in [6.45, 7) is 6.09. The van der Waals surface area contributed by atoms with Gasteiger partial charge in [0.05, 0.1) is 9.82 Å². The highest BCUT2D eigenvalue weighted by Gasteiger charge is 2.20. The number of benzene rings is 2. The van der Waals surface area contributed by atoms with Crippen LogP contribution in [0.2, 0.25) is 0 Å². The van der Waals surface area contributed by atoms with Crippen molar-refractivity contribution in [3.63, 3.8) is 0 Å². The molecule has 1 atom stereocenters. The van der Waals surface area contributed by atoms with E-state index in [4.69, 9.17) is 5.14 Å². The monoisotopic (exact) mass is 363 g/mol. The maximum Gasteiger partial charge on any atom is 0.293 e. The maximum absolute atomic E-state index is 11.4. The van der Waals surface area contributed by atoms with Gasteiger partial charge in [-0.1, -0.05) is 38.1 Å². The molecular formula is C17H21N3O4S. The molecule has 3 N–H and O–H groups in total. The molecule has 0 aliphatic carbocycles. The molecule has 7 nitrogen and oxygen atoms in total. The molecule has 0 radical (unpaired) electrons. The second-order valence-corrected chi connectivity index (χ2v) is 7.73. The van der Waals surface area contributed by atoms with Crippen LogP contribution in [0, 0.1) is 10.1 Å². The number of rotatable bonds is 6. The summed E-state index contributed by atoms with van der Waals surface area (Å²) < 4.78 is 22.8. The first-order chi connectivity index (χ1) is 11.6. The number of primary sulfonamides is 1. The van der Waals surface area contributed by atoms with E-state index in [1.165, 1.54) is 17.7 Å². The summed E-state index contributed by atoms with van der Waals surface area (Å²) in [5.41, 5.74) is 2.07. The normalized spacial score (nSPS) is 12.8. The Kier molecular flexibility index (Phi) is 5.44. The lowest BCUT2D eigenvalue weighted by molar-refractivity contribution is -0.384. The van der Waals surface area contributed by atoms with Crippen LogP contribution in [0.1, 0.15) is 43.9 Å². The number of anilines is 1. The minimum absolute atomic E-state index is 0.194. The van der Waals surface area contributed by atoms with Gasteiger partial charge < -0.3 is 5.32 Å². The molecule has 0 saturated heterocycles. The average molecular weight is 363 g/mol. The lowest BCUT2D eigenvalue weighted by atomic mass is 9.99. The predicted octanol–water partition coefficient (Wildman–Crippen LogP) is 3.54. The van der Waals surface area contributed by atoms with Crippen LogP contribution in [0.3, 0.4) is 0 Å². The van der Waals surface area contributed by atoms with E-state index in [-0.39, 0.29) is 22.3 Å². The van der Waals surface area contributed by atoms with Crippen molar-refractivity contribution >= 4 is 21.4 Å². The average Bonchev–Trinajstić information content (AvgIpc) is 2.54. The largest absolute Gasteiger partial charge is 0.373 e. The first-order valence-electron chi connectivity index (χ1n) is 7.77. The Morgan fingerprint density at radius 3 is 2.08 bits per heavy atom. The molecule has 2 aromatic carbocycles. The zero-order valence-corrected chi connectivity index (χ0v) is 15.1. The van der Waals surface area contributed by atoms with Crippen molar-refractivity contribution < 1.29 is 13.3 Å². The van der Waals surface area contributed by atoms with Crippen molar-refractivity contribution in [2.45, 2.75) is 37.6 Å². The van der Waals surface area contributed by atoms with Crippen LogP contribution in [0.25, 0.3) is 0 Å². The van der Waals surface area contributed by atoms with Crippen molar-refractivity contribution in [3.05, 3.63) is 63.7 Å². The van der Waals surface area contributed by atoms with Crippen LogP contribution >= 0.6 is 0 Å². The van der Waals surface area contributed by atoms with E-state index in [1.54, 1.807) is 0 Å². The van der Waals surface area contributed by atoms with Gasteiger partial charge in [0, 0.05) is 12.1 Å². The van der Waals surface area contributed by atoms with Gasteiger partial charge in [-0.05, 0) is 36.1 Å². The predicted molar refractivity (Wildman–Crippen MR) is 97.0 cm³/mol. The van der Waals surface area contributed by atoms with Gasteiger partial charge in [0.15, 0.2) is 0 Å². The quantitative estimate of drug-likeness (QED) is 0.601. The fraction of sp³-hybridized carbons (Fsp3) is 0.294. The van der Waals surface area contributed by atoms with Gasteiger partial charge in [-0.25, -0.2) is 13.6 Å². The summed E-state index contributed by atoms with van der Waals surface area (Å²) in [5.74, 6) is 0.421. The molecule has 1 unspecified atom stereocenters. The Labute approximate surface area is 147 Å². The molecule has 0 bridgehead atoms. The Morgan fingerprint density at radius 1 is 1.04 bits per heavy atom. The highest BCUT2D eigenvalue weighted by atomic mass is 32.2. The zero-order chi connectivity index (χ0) is 18.8. The molecule has 0 amide bonds. The van der Waals surface area contributed by atoms with Crippen molar-refractivity contribution in [2.75, 3.05) is 5.32 Å². The fourth-order valence-electron chi connectivity index (χ4n) is 2.45. The summed E-state index contributed by atoms with van der Waals surface area (Å²) >= 11 is 0. The van der Waals surface area contributed by atoms with E-state index in [1.807, 2.05) is 31.2 Å². The first-order valence-corrected chi connectivity index (χ1v) is 9.32. The Hall–Kier alpha value is -2.45. The smallest absolute Gasteiger partial charge is 0.293 e. The molecule has 2 aromatic rings. The van der Waals surface area contributed by atoms with Crippen LogP contribution < -0.4 is 10.5 Å². The van der Waals surface area contributed by atoms with Crippen molar-refractivity contribution in [3.8, 4) is 0 Å². The third-order valence-electron chi connectivity index (χ3n) is 3.97. The molecule has 0 aliphatic heterocycles. The van der Waals surface area contributed by atoms with Gasteiger partial charge in [-0.15, -0.1) is 0 Å². The van der Waals surface area contributed by atoms with E-state index in [9.17, 15) is 18.5 Å². The second-order valence-electron chi connectivity index (χ2n) is 6.17. The second kappa shape index (κ2) is 7.20. The van der Waals surface area contributed by atoms with Gasteiger partial charge in [-0.3, -0.25) is 10.1 Å². The minimum atomic E-state index is -4.00. The fourth-order valence-corrected chi connectivity index (χ4v) is 2.98. The van der Waals surface area contributed by atoms with Crippen LogP contribution in [0.15, 0.2) is 47.4 Å². The molecule has 0 saturated carbocycles. The number of nitrogens with two attached hydrogens (primary N) is 1. The molecule has 0 spiro atoms. The summed E-state index contributed by atoms with van der Waals surface area (Å²) in [6.07, 6.45) is 0. The number of nitro groups is 1. The SMILES string of the molecule is CC(C)c1ccc(C(C)Nc2ccc(S(N)(=O)=O)cc2[N+](=O)[O-])cc1. The van der Waals surface area contributed by atoms with Gasteiger partial charge in [-0.2, -0.15) is 0 Å². The number of nitrogens with one attached hydrogen (secondary N) is 1. The van der Waals surface area contributed by atoms with Crippen molar-refractivity contribution in [1.29, 1.82) is 0 Å². The van der Waals surface area contributed by atoms with Crippen LogP contribution in [0.5, 0.6) is 0 Å². The van der Waals surface area contributed by atoms with Crippen LogP contribution in [0.4, 0.5) is 11.4 Å². The number of sulfonamides is 1. The number of nitrogens with zero attached hydrogens (tertiary/aromatic N) is 1. The molecular weight excluding hydrogens is 342 g/mol. The number of hydrogen-bond donors (Lipinski definition) is 2. The van der Waals surface area contributed by atoms with E-state index < -0.39 is 14.9 Å². The number of nitro benzene ring substituents is 1.